The van der Waals surface area contributed by atoms with Crippen LogP contribution in [0.2, 0.25) is 5.02 Å². The number of benzene rings is 2. The van der Waals surface area contributed by atoms with E-state index in [9.17, 15) is 18.0 Å². The summed E-state index contributed by atoms with van der Waals surface area (Å²) in [5, 5.41) is 0.947. The van der Waals surface area contributed by atoms with E-state index in [-0.39, 0.29) is 10.5 Å². The Balaban J connectivity index is 1.98. The normalized spacial score (nSPS) is 11.6. The van der Waals surface area contributed by atoms with Gasteiger partial charge in [0, 0.05) is 10.4 Å². The van der Waals surface area contributed by atoms with Gasteiger partial charge in [0.05, 0.1) is 4.90 Å². The highest BCUT2D eigenvalue weighted by Gasteiger charge is 2.23. The lowest BCUT2D eigenvalue weighted by Crippen LogP contribution is -2.22. The maximum absolute atomic E-state index is 12.4. The summed E-state index contributed by atoms with van der Waals surface area (Å²) in [6.07, 6.45) is 0. The van der Waals surface area contributed by atoms with Crippen LogP contribution in [0.4, 0.5) is 0 Å². The van der Waals surface area contributed by atoms with Gasteiger partial charge in [0.25, 0.3) is 0 Å². The van der Waals surface area contributed by atoms with E-state index in [4.69, 9.17) is 16.0 Å². The van der Waals surface area contributed by atoms with Gasteiger partial charge in [-0.1, -0.05) is 23.2 Å². The third kappa shape index (κ3) is 3.65. The molecule has 0 bridgehead atoms. The van der Waals surface area contributed by atoms with E-state index < -0.39 is 27.0 Å². The fourth-order valence-corrected chi connectivity index (χ4v) is 3.76. The number of aryl methyl sites for hydroxylation is 1. The molecule has 0 fully saturated rings. The molecule has 3 aromatic rings. The molecule has 128 valence electrons. The fraction of sp³-hybridized carbons (Fsp3) is 0.111. The molecule has 25 heavy (non-hydrogen) atoms. The number of carbonyl (C=O) groups is 1. The van der Waals surface area contributed by atoms with Crippen molar-refractivity contribution in [1.82, 2.24) is 0 Å². The molecule has 1 heterocycles. The first-order chi connectivity index (χ1) is 11.8. The number of halogens is 1. The molecule has 0 aliphatic rings. The van der Waals surface area contributed by atoms with Crippen molar-refractivity contribution < 1.29 is 17.6 Å². The molecule has 0 radical (unpaired) electrons. The van der Waals surface area contributed by atoms with Crippen LogP contribution in [-0.2, 0) is 9.84 Å². The molecule has 3 rings (SSSR count). The van der Waals surface area contributed by atoms with Crippen molar-refractivity contribution in [3.8, 4) is 0 Å². The maximum atomic E-state index is 12.4. The Labute approximate surface area is 148 Å². The molecule has 0 amide bonds. The number of carbonyl (C=O) groups excluding carboxylic acids is 1. The lowest BCUT2D eigenvalue weighted by molar-refractivity contribution is 0.101. The van der Waals surface area contributed by atoms with Crippen LogP contribution in [0.5, 0.6) is 0 Å². The molecule has 0 spiro atoms. The van der Waals surface area contributed by atoms with Crippen LogP contribution < -0.4 is 5.63 Å². The van der Waals surface area contributed by atoms with E-state index in [1.165, 1.54) is 30.3 Å². The Morgan fingerprint density at radius 2 is 1.76 bits per heavy atom. The van der Waals surface area contributed by atoms with Gasteiger partial charge in [-0.25, -0.2) is 13.2 Å². The predicted molar refractivity (Wildman–Crippen MR) is 95.1 cm³/mol. The highest BCUT2D eigenvalue weighted by atomic mass is 35.5. The van der Waals surface area contributed by atoms with Gasteiger partial charge >= 0.3 is 5.63 Å². The minimum atomic E-state index is -3.89. The summed E-state index contributed by atoms with van der Waals surface area (Å²) in [5.41, 5.74) is 0.129. The zero-order chi connectivity index (χ0) is 18.2. The summed E-state index contributed by atoms with van der Waals surface area (Å²) in [6, 6.07) is 12.0. The standard InChI is InChI=1S/C18H13ClO5S/c1-11-2-7-17-12(8-11)9-15(18(21)24-17)16(20)10-25(22,23)14-5-3-13(19)4-6-14/h2-9H,10H2,1H3. The van der Waals surface area contributed by atoms with Crippen molar-refractivity contribution in [1.29, 1.82) is 0 Å². The minimum absolute atomic E-state index is 0.0359. The average Bonchev–Trinajstić information content (AvgIpc) is 2.54. The molecule has 1 aromatic heterocycles. The van der Waals surface area contributed by atoms with Gasteiger partial charge in [-0.2, -0.15) is 0 Å². The largest absolute Gasteiger partial charge is 0.422 e. The van der Waals surface area contributed by atoms with E-state index in [2.05, 4.69) is 0 Å². The Morgan fingerprint density at radius 1 is 1.08 bits per heavy atom. The van der Waals surface area contributed by atoms with E-state index in [1.54, 1.807) is 18.2 Å². The SMILES string of the molecule is Cc1ccc2oc(=O)c(C(=O)CS(=O)(=O)c3ccc(Cl)cc3)cc2c1. The summed E-state index contributed by atoms with van der Waals surface area (Å²) in [5.74, 6) is -1.64. The van der Waals surface area contributed by atoms with E-state index >= 15 is 0 Å². The number of sulfone groups is 1. The summed E-state index contributed by atoms with van der Waals surface area (Å²) < 4.78 is 29.8. The zero-order valence-corrected chi connectivity index (χ0v) is 14.7. The van der Waals surface area contributed by atoms with Crippen molar-refractivity contribution in [2.24, 2.45) is 0 Å². The molecule has 0 unspecified atom stereocenters. The van der Waals surface area contributed by atoms with E-state index in [1.807, 2.05) is 6.92 Å². The van der Waals surface area contributed by atoms with Crippen LogP contribution in [0.3, 0.4) is 0 Å². The number of hydrogen-bond acceptors (Lipinski definition) is 5. The van der Waals surface area contributed by atoms with Gasteiger partial charge < -0.3 is 4.42 Å². The second-order valence-electron chi connectivity index (χ2n) is 5.62. The summed E-state index contributed by atoms with van der Waals surface area (Å²) in [4.78, 5) is 24.4. The highest BCUT2D eigenvalue weighted by molar-refractivity contribution is 7.92. The predicted octanol–water partition coefficient (Wildman–Crippen LogP) is 3.41. The van der Waals surface area contributed by atoms with Gasteiger partial charge in [-0.15, -0.1) is 0 Å². The first kappa shape index (κ1) is 17.4. The monoisotopic (exact) mass is 376 g/mol. The van der Waals surface area contributed by atoms with Gasteiger partial charge in [0.2, 0.25) is 0 Å². The van der Waals surface area contributed by atoms with E-state index in [0.717, 1.165) is 5.56 Å². The molecule has 0 N–H and O–H groups in total. The molecule has 5 nitrogen and oxygen atoms in total. The first-order valence-corrected chi connectivity index (χ1v) is 9.35. The Morgan fingerprint density at radius 3 is 2.44 bits per heavy atom. The highest BCUT2D eigenvalue weighted by Crippen LogP contribution is 2.18. The third-order valence-electron chi connectivity index (χ3n) is 3.68. The molecule has 0 saturated heterocycles. The topological polar surface area (TPSA) is 81.4 Å². The van der Waals surface area contributed by atoms with Gasteiger partial charge in [0.15, 0.2) is 15.6 Å². The quantitative estimate of drug-likeness (QED) is 0.514. The Bertz CT molecular complexity index is 1130. The van der Waals surface area contributed by atoms with Crippen molar-refractivity contribution in [3.05, 3.63) is 75.1 Å². The molecular formula is C18H13ClO5S. The van der Waals surface area contributed by atoms with Crippen LogP contribution in [0.15, 0.2) is 62.6 Å². The van der Waals surface area contributed by atoms with Gasteiger partial charge in [-0.05, 0) is 49.4 Å². The van der Waals surface area contributed by atoms with Crippen LogP contribution in [0.1, 0.15) is 15.9 Å². The molecule has 0 aliphatic carbocycles. The molecule has 0 saturated carbocycles. The fourth-order valence-electron chi connectivity index (χ4n) is 2.41. The number of fused-ring (bicyclic) bond motifs is 1. The molecule has 2 aromatic carbocycles. The van der Waals surface area contributed by atoms with E-state index in [0.29, 0.717) is 16.0 Å². The summed E-state index contributed by atoms with van der Waals surface area (Å²) >= 11 is 5.74. The van der Waals surface area contributed by atoms with Crippen LogP contribution in [-0.4, -0.2) is 20.0 Å². The number of Topliss-reactive ketones (excluding diaryl/α,β-unsaturated/α-hetero) is 1. The lowest BCUT2D eigenvalue weighted by Gasteiger charge is -2.05. The summed E-state index contributed by atoms with van der Waals surface area (Å²) in [6.45, 7) is 1.86. The van der Waals surface area contributed by atoms with Crippen molar-refractivity contribution in [3.63, 3.8) is 0 Å². The second-order valence-corrected chi connectivity index (χ2v) is 8.05. The zero-order valence-electron chi connectivity index (χ0n) is 13.2. The third-order valence-corrected chi connectivity index (χ3v) is 5.57. The van der Waals surface area contributed by atoms with Crippen LogP contribution in [0, 0.1) is 6.92 Å². The van der Waals surface area contributed by atoms with Crippen molar-refractivity contribution in [2.45, 2.75) is 11.8 Å². The Kier molecular flexibility index (Phi) is 4.49. The molecule has 7 heteroatoms. The maximum Gasteiger partial charge on any atom is 0.347 e. The van der Waals surface area contributed by atoms with Gasteiger partial charge in [-0.3, -0.25) is 4.79 Å². The summed E-state index contributed by atoms with van der Waals surface area (Å²) in [7, 11) is -3.89. The second kappa shape index (κ2) is 6.46. The molecule has 0 aliphatic heterocycles. The Hall–Kier alpha value is -2.44. The first-order valence-electron chi connectivity index (χ1n) is 7.32. The molecular weight excluding hydrogens is 364 g/mol. The minimum Gasteiger partial charge on any atom is -0.422 e. The molecule has 0 atom stereocenters. The van der Waals surface area contributed by atoms with Crippen molar-refractivity contribution in [2.75, 3.05) is 5.75 Å². The van der Waals surface area contributed by atoms with Crippen molar-refractivity contribution >= 4 is 38.2 Å². The van der Waals surface area contributed by atoms with Gasteiger partial charge in [0.1, 0.15) is 16.9 Å². The number of hydrogen-bond donors (Lipinski definition) is 0. The average molecular weight is 377 g/mol. The number of ketones is 1. The smallest absolute Gasteiger partial charge is 0.347 e. The lowest BCUT2D eigenvalue weighted by atomic mass is 10.1. The van der Waals surface area contributed by atoms with Crippen LogP contribution in [0.25, 0.3) is 11.0 Å². The number of rotatable bonds is 4. The van der Waals surface area contributed by atoms with Crippen LogP contribution >= 0.6 is 11.6 Å².